The molecule has 19 heteroatoms. The van der Waals surface area contributed by atoms with Crippen LogP contribution in [0.1, 0.15) is 324 Å². The number of aliphatic hydroxyl groups excluding tert-OH is 1. The Kier molecular flexibility index (Phi) is 56.2. The Labute approximate surface area is 511 Å². The maximum absolute atomic E-state index is 13.0. The van der Waals surface area contributed by atoms with Gasteiger partial charge in [0.2, 0.25) is 0 Å². The summed E-state index contributed by atoms with van der Waals surface area (Å²) in [6.07, 6.45) is 40.9. The molecule has 0 bridgehead atoms. The molecule has 2 unspecified atom stereocenters. The van der Waals surface area contributed by atoms with Gasteiger partial charge in [-0.2, -0.15) is 0 Å². The van der Waals surface area contributed by atoms with Crippen molar-refractivity contribution in [1.29, 1.82) is 0 Å². The van der Waals surface area contributed by atoms with Crippen LogP contribution in [-0.2, 0) is 65.4 Å². The summed E-state index contributed by atoms with van der Waals surface area (Å²) < 4.78 is 67.9. The monoisotopic (exact) mass is 1240 g/mol. The molecule has 498 valence electrons. The van der Waals surface area contributed by atoms with Gasteiger partial charge < -0.3 is 33.8 Å². The predicted molar refractivity (Wildman–Crippen MR) is 335 cm³/mol. The molecule has 0 aliphatic heterocycles. The fourth-order valence-electron chi connectivity index (χ4n) is 9.71. The van der Waals surface area contributed by atoms with Crippen molar-refractivity contribution in [3.8, 4) is 0 Å². The van der Waals surface area contributed by atoms with Crippen LogP contribution in [0, 0.1) is 11.8 Å². The molecule has 0 amide bonds. The van der Waals surface area contributed by atoms with Crippen molar-refractivity contribution in [3.05, 3.63) is 0 Å². The lowest BCUT2D eigenvalue weighted by Crippen LogP contribution is -2.30. The van der Waals surface area contributed by atoms with E-state index in [0.717, 1.165) is 109 Å². The van der Waals surface area contributed by atoms with Crippen LogP contribution in [0.3, 0.4) is 0 Å². The zero-order chi connectivity index (χ0) is 62.2. The Morgan fingerprint density at radius 2 is 0.548 bits per heavy atom. The number of hydrogen-bond donors (Lipinski definition) is 3. The third-order valence-corrected chi connectivity index (χ3v) is 16.9. The average molecular weight is 1240 g/mol. The Balaban J connectivity index is 5.13. The van der Waals surface area contributed by atoms with Crippen LogP contribution >= 0.6 is 15.6 Å². The maximum Gasteiger partial charge on any atom is 0.472 e. The highest BCUT2D eigenvalue weighted by Crippen LogP contribution is 2.45. The summed E-state index contributed by atoms with van der Waals surface area (Å²) >= 11 is 0. The van der Waals surface area contributed by atoms with Gasteiger partial charge in [-0.25, -0.2) is 9.13 Å². The minimum absolute atomic E-state index is 0.102. The molecule has 0 aromatic rings. The first-order valence-corrected chi connectivity index (χ1v) is 37.0. The van der Waals surface area contributed by atoms with Crippen molar-refractivity contribution in [3.63, 3.8) is 0 Å². The fourth-order valence-corrected chi connectivity index (χ4v) is 11.3. The van der Waals surface area contributed by atoms with Crippen LogP contribution in [0.2, 0.25) is 0 Å². The van der Waals surface area contributed by atoms with Gasteiger partial charge in [-0.05, 0) is 37.5 Å². The SMILES string of the molecule is CCCCCCCCCCCCCCCCCCCCCC(=O)O[C@H](COC(=O)CCCCCCCCC(C)C)COP(=O)(O)OC[C@@H](O)COP(=O)(O)OC[C@@H](COC(=O)CCCCCCCCC)OC(=O)CCCCCCCCC(C)C. The first-order valence-electron chi connectivity index (χ1n) is 34.0. The van der Waals surface area contributed by atoms with E-state index in [9.17, 15) is 43.2 Å². The number of phosphoric ester groups is 2. The van der Waals surface area contributed by atoms with Gasteiger partial charge in [0.15, 0.2) is 12.2 Å². The molecule has 0 heterocycles. The van der Waals surface area contributed by atoms with Gasteiger partial charge in [0.1, 0.15) is 19.3 Å². The Morgan fingerprint density at radius 3 is 0.810 bits per heavy atom. The highest BCUT2D eigenvalue weighted by molar-refractivity contribution is 7.47. The van der Waals surface area contributed by atoms with E-state index in [-0.39, 0.29) is 25.7 Å². The second-order valence-corrected chi connectivity index (χ2v) is 27.4. The Morgan fingerprint density at radius 1 is 0.321 bits per heavy atom. The quantitative estimate of drug-likeness (QED) is 0.0222. The summed E-state index contributed by atoms with van der Waals surface area (Å²) in [7, 11) is -9.88. The van der Waals surface area contributed by atoms with Crippen LogP contribution in [0.5, 0.6) is 0 Å². The molecule has 0 aliphatic carbocycles. The average Bonchev–Trinajstić information content (AvgIpc) is 3.46. The molecule has 0 aromatic heterocycles. The van der Waals surface area contributed by atoms with Crippen molar-refractivity contribution in [2.24, 2.45) is 11.8 Å². The largest absolute Gasteiger partial charge is 0.472 e. The van der Waals surface area contributed by atoms with Crippen molar-refractivity contribution in [2.75, 3.05) is 39.6 Å². The molecular weight excluding hydrogens is 1110 g/mol. The third kappa shape index (κ3) is 59.0. The van der Waals surface area contributed by atoms with Gasteiger partial charge in [-0.1, -0.05) is 273 Å². The lowest BCUT2D eigenvalue weighted by Gasteiger charge is -2.21. The van der Waals surface area contributed by atoms with Crippen LogP contribution in [0.15, 0.2) is 0 Å². The van der Waals surface area contributed by atoms with E-state index < -0.39 is 97.5 Å². The summed E-state index contributed by atoms with van der Waals surface area (Å²) in [4.78, 5) is 72.0. The van der Waals surface area contributed by atoms with E-state index >= 15 is 0 Å². The second-order valence-electron chi connectivity index (χ2n) is 24.5. The number of aliphatic hydroxyl groups is 1. The predicted octanol–water partition coefficient (Wildman–Crippen LogP) is 18.0. The van der Waals surface area contributed by atoms with Gasteiger partial charge in [0.25, 0.3) is 0 Å². The van der Waals surface area contributed by atoms with Gasteiger partial charge in [-0.3, -0.25) is 37.3 Å². The molecule has 0 spiro atoms. The molecule has 0 saturated heterocycles. The number of carbonyl (C=O) groups excluding carboxylic acids is 4. The third-order valence-electron chi connectivity index (χ3n) is 15.0. The number of esters is 4. The molecule has 17 nitrogen and oxygen atoms in total. The molecule has 0 fully saturated rings. The smallest absolute Gasteiger partial charge is 0.462 e. The van der Waals surface area contributed by atoms with E-state index in [1.54, 1.807) is 0 Å². The van der Waals surface area contributed by atoms with Gasteiger partial charge >= 0.3 is 39.5 Å². The molecule has 0 rings (SSSR count). The molecule has 0 aromatic carbocycles. The Hall–Kier alpha value is -1.94. The molecule has 0 aliphatic rings. The summed E-state index contributed by atoms with van der Waals surface area (Å²) in [6.45, 7) is 9.28. The number of hydrogen-bond acceptors (Lipinski definition) is 15. The minimum atomic E-state index is -4.94. The van der Waals surface area contributed by atoms with Gasteiger partial charge in [0.05, 0.1) is 26.4 Å². The van der Waals surface area contributed by atoms with Crippen LogP contribution < -0.4 is 0 Å². The van der Waals surface area contributed by atoms with Gasteiger partial charge in [-0.15, -0.1) is 0 Å². The lowest BCUT2D eigenvalue weighted by atomic mass is 10.0. The summed E-state index contributed by atoms with van der Waals surface area (Å²) in [5.74, 6) is -0.795. The minimum Gasteiger partial charge on any atom is -0.462 e. The number of ether oxygens (including phenoxy) is 4. The van der Waals surface area contributed by atoms with Crippen molar-refractivity contribution in [2.45, 2.75) is 342 Å². The van der Waals surface area contributed by atoms with Crippen molar-refractivity contribution >= 4 is 39.5 Å². The molecule has 5 atom stereocenters. The summed E-state index contributed by atoms with van der Waals surface area (Å²) in [6, 6.07) is 0. The normalized spacial score (nSPS) is 14.3. The first kappa shape index (κ1) is 82.1. The molecule has 0 radical (unpaired) electrons. The van der Waals surface area contributed by atoms with E-state index in [1.165, 1.54) is 122 Å². The second kappa shape index (κ2) is 57.5. The van der Waals surface area contributed by atoms with E-state index in [4.69, 9.17) is 37.0 Å². The zero-order valence-corrected chi connectivity index (χ0v) is 56.0. The van der Waals surface area contributed by atoms with Crippen LogP contribution in [0.25, 0.3) is 0 Å². The topological polar surface area (TPSA) is 237 Å². The first-order chi connectivity index (χ1) is 40.4. The molecule has 84 heavy (non-hydrogen) atoms. The van der Waals surface area contributed by atoms with E-state index in [0.29, 0.717) is 37.5 Å². The van der Waals surface area contributed by atoms with Crippen molar-refractivity contribution in [1.82, 2.24) is 0 Å². The number of phosphoric acid groups is 2. The zero-order valence-electron chi connectivity index (χ0n) is 54.2. The number of rotatable bonds is 64. The summed E-state index contributed by atoms with van der Waals surface area (Å²) in [5, 5.41) is 10.5. The van der Waals surface area contributed by atoms with Crippen LogP contribution in [-0.4, -0.2) is 96.7 Å². The van der Waals surface area contributed by atoms with Crippen LogP contribution in [0.4, 0.5) is 0 Å². The summed E-state index contributed by atoms with van der Waals surface area (Å²) in [5.41, 5.74) is 0. The maximum atomic E-state index is 13.0. The highest BCUT2D eigenvalue weighted by atomic mass is 31.2. The highest BCUT2D eigenvalue weighted by Gasteiger charge is 2.30. The standard InChI is InChI=1S/C65H126O17P2/c1-7-9-11-13-15-16-17-18-19-20-21-22-23-24-25-26-28-37-43-49-64(69)81-60(54-76-63(68)48-42-36-31-29-33-39-45-57(3)4)55-79-83(71,72)77-51-59(66)52-78-84(73,74)80-56-61(53-75-62(67)47-41-35-27-14-12-10-8-2)82-65(70)50-44-38-32-30-34-40-46-58(5)6/h57-61,66H,7-56H2,1-6H3,(H,71,72)(H,73,74)/t59-,60-,61-/m1/s1. The molecule has 0 saturated carbocycles. The lowest BCUT2D eigenvalue weighted by molar-refractivity contribution is -0.161. The molecular formula is C65H126O17P2. The fraction of sp³-hybridized carbons (Fsp3) is 0.938. The Bertz CT molecular complexity index is 1650. The molecule has 3 N–H and O–H groups in total. The number of carbonyl (C=O) groups is 4. The van der Waals surface area contributed by atoms with Crippen molar-refractivity contribution < 1.29 is 80.2 Å². The van der Waals surface area contributed by atoms with Gasteiger partial charge in [0, 0.05) is 25.7 Å². The van der Waals surface area contributed by atoms with E-state index in [2.05, 4.69) is 41.5 Å². The van der Waals surface area contributed by atoms with E-state index in [1.807, 2.05) is 0 Å². The number of unbranched alkanes of at least 4 members (excludes halogenated alkanes) is 34.